The molecule has 29 heavy (non-hydrogen) atoms. The van der Waals surface area contributed by atoms with E-state index in [1.54, 1.807) is 48.5 Å². The predicted molar refractivity (Wildman–Crippen MR) is 112 cm³/mol. The Morgan fingerprint density at radius 2 is 1.62 bits per heavy atom. The van der Waals surface area contributed by atoms with Crippen molar-refractivity contribution in [2.24, 2.45) is 0 Å². The maximum atomic E-state index is 12.4. The Labute approximate surface area is 172 Å². The van der Waals surface area contributed by atoms with Crippen molar-refractivity contribution in [3.63, 3.8) is 0 Å². The van der Waals surface area contributed by atoms with Crippen molar-refractivity contribution in [1.82, 2.24) is 5.32 Å². The van der Waals surface area contributed by atoms with Crippen LogP contribution in [0.4, 0.5) is 5.69 Å². The lowest BCUT2D eigenvalue weighted by Gasteiger charge is -2.11. The van der Waals surface area contributed by atoms with Crippen LogP contribution in [0.3, 0.4) is 0 Å². The van der Waals surface area contributed by atoms with E-state index in [9.17, 15) is 14.4 Å². The maximum absolute atomic E-state index is 12.4. The van der Waals surface area contributed by atoms with Crippen LogP contribution in [0.2, 0.25) is 0 Å². The molecule has 0 aliphatic rings. The zero-order valence-electron chi connectivity index (χ0n) is 15.8. The van der Waals surface area contributed by atoms with E-state index >= 15 is 0 Å². The summed E-state index contributed by atoms with van der Waals surface area (Å²) in [4.78, 5) is 38.1. The van der Waals surface area contributed by atoms with E-state index in [-0.39, 0.29) is 12.3 Å². The van der Waals surface area contributed by atoms with Crippen LogP contribution in [0.1, 0.15) is 27.0 Å². The van der Waals surface area contributed by atoms with E-state index in [1.165, 1.54) is 11.3 Å². The van der Waals surface area contributed by atoms with Gasteiger partial charge < -0.3 is 15.4 Å². The van der Waals surface area contributed by atoms with E-state index < -0.39 is 11.8 Å². The summed E-state index contributed by atoms with van der Waals surface area (Å²) in [7, 11) is 0. The summed E-state index contributed by atoms with van der Waals surface area (Å²) in [6, 6.07) is 19.4. The van der Waals surface area contributed by atoms with Crippen LogP contribution in [0.5, 0.6) is 5.75 Å². The van der Waals surface area contributed by atoms with Gasteiger partial charge in [-0.2, -0.15) is 0 Å². The lowest BCUT2D eigenvalue weighted by molar-refractivity contribution is -0.136. The average Bonchev–Trinajstić information content (AvgIpc) is 3.22. The third-order valence-corrected chi connectivity index (χ3v) is 5.07. The van der Waals surface area contributed by atoms with Gasteiger partial charge in [0.1, 0.15) is 5.75 Å². The molecule has 6 nitrogen and oxygen atoms in total. The number of ether oxygens (including phenoxy) is 1. The van der Waals surface area contributed by atoms with E-state index in [0.717, 1.165) is 4.88 Å². The predicted octanol–water partition coefficient (Wildman–Crippen LogP) is 3.63. The van der Waals surface area contributed by atoms with Crippen LogP contribution in [0.15, 0.2) is 66.7 Å². The summed E-state index contributed by atoms with van der Waals surface area (Å²) in [6.45, 7) is 2.44. The molecule has 1 heterocycles. The molecule has 0 radical (unpaired) electrons. The van der Waals surface area contributed by atoms with Crippen LogP contribution in [0, 0.1) is 0 Å². The van der Waals surface area contributed by atoms with E-state index in [4.69, 9.17) is 4.74 Å². The van der Waals surface area contributed by atoms with Gasteiger partial charge in [-0.25, -0.2) is 0 Å². The fraction of sp³-hybridized carbons (Fsp3) is 0.136. The van der Waals surface area contributed by atoms with Gasteiger partial charge in [0.15, 0.2) is 0 Å². The van der Waals surface area contributed by atoms with Gasteiger partial charge in [-0.3, -0.25) is 14.4 Å². The molecule has 7 heteroatoms. The van der Waals surface area contributed by atoms with E-state index in [1.807, 2.05) is 25.1 Å². The molecule has 0 bridgehead atoms. The van der Waals surface area contributed by atoms with Crippen LogP contribution in [0.25, 0.3) is 0 Å². The first kappa shape index (κ1) is 20.3. The number of carbonyl (C=O) groups is 3. The highest BCUT2D eigenvalue weighted by Crippen LogP contribution is 2.23. The zero-order chi connectivity index (χ0) is 20.6. The molecule has 2 N–H and O–H groups in total. The second-order valence-electron chi connectivity index (χ2n) is 6.03. The molecule has 0 saturated heterocycles. The molecule has 0 spiro atoms. The van der Waals surface area contributed by atoms with Crippen LogP contribution >= 0.6 is 11.3 Å². The Kier molecular flexibility index (Phi) is 6.76. The minimum atomic E-state index is -0.783. The Bertz CT molecular complexity index is 1010. The van der Waals surface area contributed by atoms with Crippen molar-refractivity contribution in [2.45, 2.75) is 13.5 Å². The second kappa shape index (κ2) is 9.66. The van der Waals surface area contributed by atoms with Gasteiger partial charge in [0.2, 0.25) is 5.78 Å². The average molecular weight is 408 g/mol. The van der Waals surface area contributed by atoms with Crippen LogP contribution < -0.4 is 15.4 Å². The Morgan fingerprint density at radius 3 is 2.38 bits per heavy atom. The number of benzene rings is 2. The quantitative estimate of drug-likeness (QED) is 0.462. The van der Waals surface area contributed by atoms with Crippen molar-refractivity contribution >= 4 is 34.6 Å². The highest BCUT2D eigenvalue weighted by molar-refractivity contribution is 7.14. The number of thiophene rings is 1. The van der Waals surface area contributed by atoms with Gasteiger partial charge in [0.05, 0.1) is 23.7 Å². The number of hydrogen-bond donors (Lipinski definition) is 2. The first-order chi connectivity index (χ1) is 14.1. The molecule has 2 amide bonds. The number of amides is 2. The summed E-state index contributed by atoms with van der Waals surface area (Å²) < 4.78 is 5.43. The Balaban J connectivity index is 1.56. The molecule has 3 rings (SSSR count). The molecule has 0 saturated carbocycles. The number of hydrogen-bond acceptors (Lipinski definition) is 5. The largest absolute Gasteiger partial charge is 0.492 e. The van der Waals surface area contributed by atoms with Crippen molar-refractivity contribution in [3.8, 4) is 5.75 Å². The van der Waals surface area contributed by atoms with Gasteiger partial charge in [-0.15, -0.1) is 11.3 Å². The minimum absolute atomic E-state index is 0.0709. The number of rotatable bonds is 7. The monoisotopic (exact) mass is 408 g/mol. The van der Waals surface area contributed by atoms with Gasteiger partial charge in [0, 0.05) is 10.4 Å². The number of carbonyl (C=O) groups excluding carboxylic acids is 3. The normalized spacial score (nSPS) is 10.2. The highest BCUT2D eigenvalue weighted by Gasteiger charge is 2.17. The lowest BCUT2D eigenvalue weighted by atomic mass is 10.1. The summed E-state index contributed by atoms with van der Waals surface area (Å²) in [5.41, 5.74) is 1.04. The summed E-state index contributed by atoms with van der Waals surface area (Å²) >= 11 is 1.29. The molecule has 1 aromatic heterocycles. The second-order valence-corrected chi connectivity index (χ2v) is 7.20. The summed E-state index contributed by atoms with van der Waals surface area (Å²) in [5.74, 6) is -1.12. The SMILES string of the molecule is CCOc1ccccc1NC(=O)C(=O)NCc1ccc(C(=O)c2ccccc2)s1. The van der Waals surface area contributed by atoms with Crippen LogP contribution in [-0.4, -0.2) is 24.2 Å². The number of para-hydroxylation sites is 2. The molecule has 2 aromatic carbocycles. The minimum Gasteiger partial charge on any atom is -0.492 e. The third kappa shape index (κ3) is 5.30. The maximum Gasteiger partial charge on any atom is 0.313 e. The van der Waals surface area contributed by atoms with Crippen molar-refractivity contribution in [1.29, 1.82) is 0 Å². The fourth-order valence-electron chi connectivity index (χ4n) is 2.60. The molecular weight excluding hydrogens is 388 g/mol. The van der Waals surface area contributed by atoms with Crippen molar-refractivity contribution in [2.75, 3.05) is 11.9 Å². The molecule has 0 aliphatic heterocycles. The van der Waals surface area contributed by atoms with Crippen molar-refractivity contribution < 1.29 is 19.1 Å². The molecule has 3 aromatic rings. The third-order valence-electron chi connectivity index (χ3n) is 3.99. The number of ketones is 1. The zero-order valence-corrected chi connectivity index (χ0v) is 16.6. The number of anilines is 1. The highest BCUT2D eigenvalue weighted by atomic mass is 32.1. The van der Waals surface area contributed by atoms with Gasteiger partial charge in [-0.05, 0) is 31.2 Å². The number of nitrogens with one attached hydrogen (secondary N) is 2. The van der Waals surface area contributed by atoms with E-state index in [0.29, 0.717) is 28.5 Å². The molecule has 0 fully saturated rings. The molecule has 148 valence electrons. The van der Waals surface area contributed by atoms with Gasteiger partial charge >= 0.3 is 11.8 Å². The first-order valence-corrected chi connectivity index (χ1v) is 9.89. The van der Waals surface area contributed by atoms with Gasteiger partial charge in [-0.1, -0.05) is 42.5 Å². The smallest absolute Gasteiger partial charge is 0.313 e. The van der Waals surface area contributed by atoms with E-state index in [2.05, 4.69) is 10.6 Å². The summed E-state index contributed by atoms with van der Waals surface area (Å²) in [5, 5.41) is 5.12. The van der Waals surface area contributed by atoms with Crippen LogP contribution in [-0.2, 0) is 16.1 Å². The Morgan fingerprint density at radius 1 is 0.897 bits per heavy atom. The topological polar surface area (TPSA) is 84.5 Å². The summed E-state index contributed by atoms with van der Waals surface area (Å²) in [6.07, 6.45) is 0. The van der Waals surface area contributed by atoms with Crippen molar-refractivity contribution in [3.05, 3.63) is 82.0 Å². The Hall–Kier alpha value is -3.45. The fourth-order valence-corrected chi connectivity index (χ4v) is 3.51. The molecule has 0 aliphatic carbocycles. The standard InChI is InChI=1S/C22H20N2O4S/c1-2-28-18-11-7-6-10-17(18)24-22(27)21(26)23-14-16-12-13-19(29-16)20(25)15-8-4-3-5-9-15/h3-13H,2,14H2,1H3,(H,23,26)(H,24,27). The molecule has 0 atom stereocenters. The first-order valence-electron chi connectivity index (χ1n) is 9.08. The van der Waals surface area contributed by atoms with Gasteiger partial charge in [0.25, 0.3) is 0 Å². The molecule has 0 unspecified atom stereocenters. The molecular formula is C22H20N2O4S. The lowest BCUT2D eigenvalue weighted by Crippen LogP contribution is -2.34.